The highest BCUT2D eigenvalue weighted by molar-refractivity contribution is 7.21. The summed E-state index contributed by atoms with van der Waals surface area (Å²) in [5.41, 5.74) is 2.48. The van der Waals surface area contributed by atoms with E-state index in [0.717, 1.165) is 15.2 Å². The lowest BCUT2D eigenvalue weighted by molar-refractivity contribution is -0.119. The lowest BCUT2D eigenvalue weighted by atomic mass is 10.1. The number of benzene rings is 3. The van der Waals surface area contributed by atoms with Crippen LogP contribution in [0.2, 0.25) is 0 Å². The molecule has 0 aliphatic heterocycles. The SMILES string of the molecule is COc1cccc(NC(=O)COC(=O)c2ccccc2-c2nc3ccccc3s2)c1. The number of aromatic nitrogens is 1. The van der Waals surface area contributed by atoms with Gasteiger partial charge < -0.3 is 14.8 Å². The molecule has 0 unspecified atom stereocenters. The average Bonchev–Trinajstić information content (AvgIpc) is 3.22. The Kier molecular flexibility index (Phi) is 5.72. The second kappa shape index (κ2) is 8.75. The first-order valence-electron chi connectivity index (χ1n) is 9.20. The molecule has 7 heteroatoms. The van der Waals surface area contributed by atoms with Crippen molar-refractivity contribution >= 4 is 39.1 Å². The van der Waals surface area contributed by atoms with Gasteiger partial charge in [-0.25, -0.2) is 9.78 Å². The molecular formula is C23H18N2O4S. The number of carbonyl (C=O) groups is 2. The van der Waals surface area contributed by atoms with Crippen LogP contribution in [0.4, 0.5) is 5.69 Å². The third kappa shape index (κ3) is 4.31. The Morgan fingerprint density at radius 1 is 1.00 bits per heavy atom. The van der Waals surface area contributed by atoms with Gasteiger partial charge in [0.2, 0.25) is 0 Å². The maximum atomic E-state index is 12.7. The number of carbonyl (C=O) groups excluding carboxylic acids is 2. The molecule has 1 amide bonds. The summed E-state index contributed by atoms with van der Waals surface area (Å²) in [6, 6.07) is 21.8. The first-order chi connectivity index (χ1) is 14.6. The van der Waals surface area contributed by atoms with E-state index in [1.54, 1.807) is 43.5 Å². The number of ether oxygens (including phenoxy) is 2. The van der Waals surface area contributed by atoms with Crippen molar-refractivity contribution in [2.75, 3.05) is 19.0 Å². The van der Waals surface area contributed by atoms with Crippen LogP contribution in [0.25, 0.3) is 20.8 Å². The minimum Gasteiger partial charge on any atom is -0.497 e. The van der Waals surface area contributed by atoms with Gasteiger partial charge in [0, 0.05) is 17.3 Å². The topological polar surface area (TPSA) is 77.5 Å². The van der Waals surface area contributed by atoms with Crippen molar-refractivity contribution in [1.82, 2.24) is 4.98 Å². The number of esters is 1. The van der Waals surface area contributed by atoms with Gasteiger partial charge in [0.25, 0.3) is 5.91 Å². The first kappa shape index (κ1) is 19.6. The number of nitrogens with one attached hydrogen (secondary N) is 1. The zero-order chi connectivity index (χ0) is 20.9. The van der Waals surface area contributed by atoms with Crippen LogP contribution >= 0.6 is 11.3 Å². The predicted molar refractivity (Wildman–Crippen MR) is 117 cm³/mol. The average molecular weight is 418 g/mol. The molecule has 6 nitrogen and oxygen atoms in total. The van der Waals surface area contributed by atoms with Crippen molar-refractivity contribution in [3.8, 4) is 16.3 Å². The molecule has 150 valence electrons. The van der Waals surface area contributed by atoms with Crippen molar-refractivity contribution in [1.29, 1.82) is 0 Å². The summed E-state index contributed by atoms with van der Waals surface area (Å²) in [5.74, 6) is -0.394. The van der Waals surface area contributed by atoms with Crippen LogP contribution in [0.5, 0.6) is 5.75 Å². The van der Waals surface area contributed by atoms with Crippen molar-refractivity contribution in [2.24, 2.45) is 0 Å². The Morgan fingerprint density at radius 3 is 2.63 bits per heavy atom. The smallest absolute Gasteiger partial charge is 0.339 e. The number of methoxy groups -OCH3 is 1. The number of amides is 1. The third-order valence-corrected chi connectivity index (χ3v) is 5.43. The Morgan fingerprint density at radius 2 is 1.80 bits per heavy atom. The zero-order valence-electron chi connectivity index (χ0n) is 16.1. The lowest BCUT2D eigenvalue weighted by Gasteiger charge is -2.09. The van der Waals surface area contributed by atoms with Gasteiger partial charge in [0.1, 0.15) is 10.8 Å². The van der Waals surface area contributed by atoms with E-state index in [0.29, 0.717) is 22.6 Å². The maximum Gasteiger partial charge on any atom is 0.339 e. The molecule has 3 aromatic carbocycles. The van der Waals surface area contributed by atoms with Gasteiger partial charge in [-0.3, -0.25) is 4.79 Å². The molecule has 1 N–H and O–H groups in total. The number of anilines is 1. The highest BCUT2D eigenvalue weighted by Gasteiger charge is 2.18. The number of rotatable bonds is 6. The molecule has 1 aromatic heterocycles. The van der Waals surface area contributed by atoms with Crippen molar-refractivity contribution < 1.29 is 19.1 Å². The molecule has 0 aliphatic rings. The zero-order valence-corrected chi connectivity index (χ0v) is 16.9. The highest BCUT2D eigenvalue weighted by Crippen LogP contribution is 2.32. The molecule has 0 atom stereocenters. The summed E-state index contributed by atoms with van der Waals surface area (Å²) >= 11 is 1.50. The number of hydrogen-bond donors (Lipinski definition) is 1. The predicted octanol–water partition coefficient (Wildman–Crippen LogP) is 4.77. The Hall–Kier alpha value is -3.71. The van der Waals surface area contributed by atoms with Gasteiger partial charge in [0.15, 0.2) is 6.61 Å². The Labute approximate surface area is 177 Å². The van der Waals surface area contributed by atoms with Crippen molar-refractivity contribution in [2.45, 2.75) is 0 Å². The lowest BCUT2D eigenvalue weighted by Crippen LogP contribution is -2.21. The fourth-order valence-corrected chi connectivity index (χ4v) is 3.95. The van der Waals surface area contributed by atoms with Gasteiger partial charge >= 0.3 is 5.97 Å². The molecule has 0 saturated heterocycles. The molecule has 0 spiro atoms. The molecule has 0 aliphatic carbocycles. The van der Waals surface area contributed by atoms with Crippen molar-refractivity contribution in [3.05, 3.63) is 78.4 Å². The number of nitrogens with zero attached hydrogens (tertiary/aromatic N) is 1. The molecule has 4 rings (SSSR count). The molecule has 0 bridgehead atoms. The number of thiazole rings is 1. The van der Waals surface area contributed by atoms with E-state index in [1.807, 2.05) is 36.4 Å². The van der Waals surface area contributed by atoms with E-state index in [-0.39, 0.29) is 0 Å². The summed E-state index contributed by atoms with van der Waals surface area (Å²) in [4.78, 5) is 29.5. The van der Waals surface area contributed by atoms with Crippen LogP contribution in [-0.2, 0) is 9.53 Å². The van der Waals surface area contributed by atoms with Gasteiger partial charge in [-0.2, -0.15) is 0 Å². The van der Waals surface area contributed by atoms with E-state index in [4.69, 9.17) is 9.47 Å². The van der Waals surface area contributed by atoms with E-state index < -0.39 is 18.5 Å². The van der Waals surface area contributed by atoms with Gasteiger partial charge in [-0.15, -0.1) is 11.3 Å². The van der Waals surface area contributed by atoms with Crippen molar-refractivity contribution in [3.63, 3.8) is 0 Å². The summed E-state index contributed by atoms with van der Waals surface area (Å²) in [6.07, 6.45) is 0. The largest absolute Gasteiger partial charge is 0.497 e. The van der Waals surface area contributed by atoms with Crippen LogP contribution in [-0.4, -0.2) is 30.6 Å². The summed E-state index contributed by atoms with van der Waals surface area (Å²) in [5, 5.41) is 3.41. The number of para-hydroxylation sites is 1. The number of hydrogen-bond acceptors (Lipinski definition) is 6. The molecule has 0 saturated carbocycles. The summed E-state index contributed by atoms with van der Waals surface area (Å²) in [6.45, 7) is -0.399. The Balaban J connectivity index is 1.47. The van der Waals surface area contributed by atoms with Gasteiger partial charge in [0.05, 0.1) is 22.9 Å². The number of fused-ring (bicyclic) bond motifs is 1. The van der Waals surface area contributed by atoms with Crippen LogP contribution in [0, 0.1) is 0 Å². The second-order valence-corrected chi connectivity index (χ2v) is 7.42. The quantitative estimate of drug-likeness (QED) is 0.457. The van der Waals surface area contributed by atoms with Crippen LogP contribution in [0.1, 0.15) is 10.4 Å². The molecule has 0 radical (unpaired) electrons. The molecular weight excluding hydrogens is 400 g/mol. The standard InChI is InChI=1S/C23H18N2O4S/c1-28-16-8-6-7-15(13-16)24-21(26)14-29-23(27)18-10-3-2-9-17(18)22-25-19-11-4-5-12-20(19)30-22/h2-13H,14H2,1H3,(H,24,26). The van der Waals surface area contributed by atoms with Crippen LogP contribution < -0.4 is 10.1 Å². The first-order valence-corrected chi connectivity index (χ1v) is 10.0. The Bertz CT molecular complexity index is 1190. The van der Waals surface area contributed by atoms with Crippen LogP contribution in [0.15, 0.2) is 72.8 Å². The minimum atomic E-state index is -0.578. The summed E-state index contributed by atoms with van der Waals surface area (Å²) < 4.78 is 11.4. The monoisotopic (exact) mass is 418 g/mol. The maximum absolute atomic E-state index is 12.7. The fraction of sp³-hybridized carbons (Fsp3) is 0.0870. The molecule has 0 fully saturated rings. The molecule has 1 heterocycles. The van der Waals surface area contributed by atoms with Gasteiger partial charge in [-0.05, 0) is 30.3 Å². The van der Waals surface area contributed by atoms with E-state index >= 15 is 0 Å². The molecule has 4 aromatic rings. The third-order valence-electron chi connectivity index (χ3n) is 4.36. The van der Waals surface area contributed by atoms with Crippen LogP contribution in [0.3, 0.4) is 0 Å². The fourth-order valence-electron chi connectivity index (χ4n) is 2.94. The van der Waals surface area contributed by atoms with E-state index in [9.17, 15) is 9.59 Å². The molecule has 30 heavy (non-hydrogen) atoms. The van der Waals surface area contributed by atoms with E-state index in [1.165, 1.54) is 11.3 Å². The van der Waals surface area contributed by atoms with Gasteiger partial charge in [-0.1, -0.05) is 36.4 Å². The highest BCUT2D eigenvalue weighted by atomic mass is 32.1. The van der Waals surface area contributed by atoms with E-state index in [2.05, 4.69) is 10.3 Å². The minimum absolute atomic E-state index is 0.366. The summed E-state index contributed by atoms with van der Waals surface area (Å²) in [7, 11) is 1.55. The second-order valence-electron chi connectivity index (χ2n) is 6.39. The normalized spacial score (nSPS) is 10.6.